The second kappa shape index (κ2) is 4.22. The smallest absolute Gasteiger partial charge is 0.329 e. The zero-order chi connectivity index (χ0) is 11.6. The van der Waals surface area contributed by atoms with Crippen LogP contribution in [-0.2, 0) is 7.05 Å². The summed E-state index contributed by atoms with van der Waals surface area (Å²) in [6, 6.07) is 0. The van der Waals surface area contributed by atoms with E-state index in [1.807, 2.05) is 0 Å². The molecule has 1 rings (SSSR count). The maximum Gasteiger partial charge on any atom is 0.329 e. The third-order valence-electron chi connectivity index (χ3n) is 1.83. The van der Waals surface area contributed by atoms with E-state index in [-0.39, 0.29) is 18.1 Å². The summed E-state index contributed by atoms with van der Waals surface area (Å²) in [5.74, 6) is 0.0571. The summed E-state index contributed by atoms with van der Waals surface area (Å²) in [5.41, 5.74) is 4.55. The molecule has 82 valence electrons. The van der Waals surface area contributed by atoms with Crippen molar-refractivity contribution < 1.29 is 0 Å². The molecule has 0 aliphatic heterocycles. The Labute approximate surface area is 90.4 Å². The van der Waals surface area contributed by atoms with Gasteiger partial charge in [-0.15, -0.1) is 0 Å². The Morgan fingerprint density at radius 1 is 1.67 bits per heavy atom. The van der Waals surface area contributed by atoms with Crippen molar-refractivity contribution in [2.45, 2.75) is 0 Å². The molecule has 0 fully saturated rings. The molecular formula is C8H11ClN4O2. The number of halogens is 1. The maximum absolute atomic E-state index is 11.3. The highest BCUT2D eigenvalue weighted by Crippen LogP contribution is 2.09. The Morgan fingerprint density at radius 3 is 2.80 bits per heavy atom. The van der Waals surface area contributed by atoms with Gasteiger partial charge in [-0.3, -0.25) is 14.3 Å². The molecule has 0 saturated carbocycles. The van der Waals surface area contributed by atoms with Crippen molar-refractivity contribution >= 4 is 23.1 Å². The molecule has 7 heteroatoms. The number of aromatic nitrogens is 2. The van der Waals surface area contributed by atoms with Gasteiger partial charge in [0.2, 0.25) is 0 Å². The van der Waals surface area contributed by atoms with E-state index in [2.05, 4.69) is 16.9 Å². The average molecular weight is 231 g/mol. The lowest BCUT2D eigenvalue weighted by molar-refractivity contribution is 0.814. The van der Waals surface area contributed by atoms with E-state index in [9.17, 15) is 9.59 Å². The molecule has 0 unspecified atom stereocenters. The Hall–Kier alpha value is -1.69. The van der Waals surface area contributed by atoms with Gasteiger partial charge >= 0.3 is 5.69 Å². The summed E-state index contributed by atoms with van der Waals surface area (Å²) >= 11 is 5.52. The van der Waals surface area contributed by atoms with E-state index in [0.717, 1.165) is 4.57 Å². The molecule has 6 nitrogen and oxygen atoms in total. The number of nitrogen functional groups attached to an aromatic ring is 1. The molecule has 0 aromatic carbocycles. The second-order valence-corrected chi connectivity index (χ2v) is 3.48. The fourth-order valence-electron chi connectivity index (χ4n) is 0.992. The predicted molar refractivity (Wildman–Crippen MR) is 60.2 cm³/mol. The lowest BCUT2D eigenvalue weighted by Crippen LogP contribution is -2.32. The van der Waals surface area contributed by atoms with Crippen LogP contribution in [0.25, 0.3) is 0 Å². The predicted octanol–water partition coefficient (Wildman–Crippen LogP) is -0.180. The monoisotopic (exact) mass is 230 g/mol. The summed E-state index contributed by atoms with van der Waals surface area (Å²) in [4.78, 5) is 24.6. The van der Waals surface area contributed by atoms with E-state index in [4.69, 9.17) is 17.3 Å². The van der Waals surface area contributed by atoms with Gasteiger partial charge in [0.25, 0.3) is 5.56 Å². The van der Waals surface area contributed by atoms with Crippen molar-refractivity contribution in [2.75, 3.05) is 17.6 Å². The molecule has 0 aliphatic rings. The zero-order valence-electron chi connectivity index (χ0n) is 8.13. The minimum Gasteiger partial charge on any atom is -0.383 e. The summed E-state index contributed by atoms with van der Waals surface area (Å²) < 4.78 is 1.13. The number of nitrogens with zero attached hydrogens (tertiary/aromatic N) is 1. The van der Waals surface area contributed by atoms with Gasteiger partial charge in [-0.25, -0.2) is 4.79 Å². The molecule has 0 saturated heterocycles. The molecule has 0 amide bonds. The van der Waals surface area contributed by atoms with Crippen LogP contribution in [0.4, 0.5) is 11.5 Å². The fraction of sp³-hybridized carbons (Fsp3) is 0.250. The number of hydrogen-bond acceptors (Lipinski definition) is 4. The fourth-order valence-corrected chi connectivity index (χ4v) is 1.06. The summed E-state index contributed by atoms with van der Waals surface area (Å²) in [7, 11) is 1.45. The van der Waals surface area contributed by atoms with Gasteiger partial charge < -0.3 is 11.1 Å². The first-order valence-electron chi connectivity index (χ1n) is 4.09. The summed E-state index contributed by atoms with van der Waals surface area (Å²) in [5, 5.41) is 3.02. The number of aromatic amines is 1. The van der Waals surface area contributed by atoms with Crippen LogP contribution in [-0.4, -0.2) is 16.1 Å². The molecule has 0 atom stereocenters. The number of H-pyrrole nitrogens is 1. The Morgan fingerprint density at radius 2 is 2.27 bits per heavy atom. The topological polar surface area (TPSA) is 92.9 Å². The van der Waals surface area contributed by atoms with E-state index in [1.54, 1.807) is 0 Å². The van der Waals surface area contributed by atoms with E-state index >= 15 is 0 Å². The molecule has 4 N–H and O–H groups in total. The van der Waals surface area contributed by atoms with E-state index in [1.165, 1.54) is 7.05 Å². The van der Waals surface area contributed by atoms with E-state index in [0.29, 0.717) is 5.03 Å². The number of rotatable bonds is 3. The van der Waals surface area contributed by atoms with Crippen LogP contribution in [0.5, 0.6) is 0 Å². The second-order valence-electron chi connectivity index (χ2n) is 2.95. The first-order chi connectivity index (χ1) is 6.93. The van der Waals surface area contributed by atoms with Crippen molar-refractivity contribution in [1.82, 2.24) is 9.55 Å². The van der Waals surface area contributed by atoms with Crippen LogP contribution in [0.15, 0.2) is 21.2 Å². The van der Waals surface area contributed by atoms with Crippen molar-refractivity contribution in [1.29, 1.82) is 0 Å². The summed E-state index contributed by atoms with van der Waals surface area (Å²) in [6.07, 6.45) is 0. The van der Waals surface area contributed by atoms with Crippen LogP contribution >= 0.6 is 11.6 Å². The number of nitrogens with one attached hydrogen (secondary N) is 2. The maximum atomic E-state index is 11.3. The first kappa shape index (κ1) is 11.4. The molecule has 0 radical (unpaired) electrons. The first-order valence-corrected chi connectivity index (χ1v) is 4.47. The van der Waals surface area contributed by atoms with Gasteiger partial charge in [-0.1, -0.05) is 18.2 Å². The molecule has 0 bridgehead atoms. The molecule has 1 aromatic heterocycles. The molecule has 0 aliphatic carbocycles. The van der Waals surface area contributed by atoms with Gasteiger partial charge in [0, 0.05) is 12.1 Å². The van der Waals surface area contributed by atoms with Gasteiger partial charge in [0.15, 0.2) is 0 Å². The van der Waals surface area contributed by atoms with Gasteiger partial charge in [-0.05, 0) is 0 Å². The lowest BCUT2D eigenvalue weighted by atomic mass is 10.4. The minimum absolute atomic E-state index is 0.0571. The standard InChI is InChI=1S/C8H11ClN4O2/c1-4(9)3-11-5-6(10)13(2)8(15)12-7(5)14/h11H,1,3,10H2,2H3,(H,12,14,15). The number of anilines is 2. The molecule has 1 aromatic rings. The third-order valence-corrected chi connectivity index (χ3v) is 1.96. The zero-order valence-corrected chi connectivity index (χ0v) is 8.89. The molecule has 15 heavy (non-hydrogen) atoms. The van der Waals surface area contributed by atoms with Gasteiger partial charge in [-0.2, -0.15) is 0 Å². The van der Waals surface area contributed by atoms with Crippen LogP contribution in [0, 0.1) is 0 Å². The SMILES string of the molecule is C=C(Cl)CNc1c(N)n(C)c(=O)[nH]c1=O. The van der Waals surface area contributed by atoms with Gasteiger partial charge in [0.05, 0.1) is 6.54 Å². The van der Waals surface area contributed by atoms with E-state index < -0.39 is 11.2 Å². The van der Waals surface area contributed by atoms with Crippen molar-refractivity contribution in [3.05, 3.63) is 32.4 Å². The minimum atomic E-state index is -0.575. The Kier molecular flexibility index (Phi) is 3.21. The van der Waals surface area contributed by atoms with Crippen LogP contribution in [0.1, 0.15) is 0 Å². The molecule has 1 heterocycles. The van der Waals surface area contributed by atoms with Crippen molar-refractivity contribution in [3.8, 4) is 0 Å². The number of nitrogens with two attached hydrogens (primary N) is 1. The Bertz CT molecular complexity index is 502. The molecular weight excluding hydrogens is 220 g/mol. The van der Waals surface area contributed by atoms with Crippen LogP contribution in [0.2, 0.25) is 0 Å². The van der Waals surface area contributed by atoms with Gasteiger partial charge in [0.1, 0.15) is 11.5 Å². The van der Waals surface area contributed by atoms with Crippen molar-refractivity contribution in [2.24, 2.45) is 7.05 Å². The lowest BCUT2D eigenvalue weighted by Gasteiger charge is -2.09. The number of hydrogen-bond donors (Lipinski definition) is 3. The largest absolute Gasteiger partial charge is 0.383 e. The molecule has 0 spiro atoms. The van der Waals surface area contributed by atoms with Crippen LogP contribution < -0.4 is 22.3 Å². The summed E-state index contributed by atoms with van der Waals surface area (Å²) in [6.45, 7) is 3.65. The normalized spacial score (nSPS) is 10.0. The van der Waals surface area contributed by atoms with Crippen molar-refractivity contribution in [3.63, 3.8) is 0 Å². The van der Waals surface area contributed by atoms with Crippen LogP contribution in [0.3, 0.4) is 0 Å². The highest BCUT2D eigenvalue weighted by atomic mass is 35.5. The Balaban J connectivity index is 3.19. The highest BCUT2D eigenvalue weighted by molar-refractivity contribution is 6.29. The average Bonchev–Trinajstić information content (AvgIpc) is 2.14. The third kappa shape index (κ3) is 2.41. The highest BCUT2D eigenvalue weighted by Gasteiger charge is 2.08. The quantitative estimate of drug-likeness (QED) is 0.672.